The molecule has 0 spiro atoms. The number of anilines is 1. The van der Waals surface area contributed by atoms with E-state index in [2.05, 4.69) is 17.1 Å². The van der Waals surface area contributed by atoms with Gasteiger partial charge in [-0.2, -0.15) is 0 Å². The fraction of sp³-hybridized carbons (Fsp3) is 0.463. The number of hydrogen-bond acceptors (Lipinski definition) is 14. The number of hydrogen-bond donors (Lipinski definition) is 6. The summed E-state index contributed by atoms with van der Waals surface area (Å²) in [4.78, 5) is 45.2. The quantitative estimate of drug-likeness (QED) is 0.0418. The number of phenols is 3. The number of ether oxygens (including phenoxy) is 4. The fourth-order valence-electron chi connectivity index (χ4n) is 7.06. The normalized spacial score (nSPS) is 30.4. The molecule has 6 N–H and O–H groups in total. The van der Waals surface area contributed by atoms with E-state index in [1.165, 1.54) is 59.3 Å². The number of allylic oxidation sites excluding steroid dienone is 2. The van der Waals surface area contributed by atoms with Gasteiger partial charge in [-0.15, -0.1) is 0 Å². The number of fused-ring (bicyclic) bond motifs is 14. The van der Waals surface area contributed by atoms with Crippen molar-refractivity contribution in [1.82, 2.24) is 0 Å². The molecule has 3 aliphatic rings. The molecule has 304 valence electrons. The number of esters is 1. The molecule has 56 heavy (non-hydrogen) atoms. The second-order valence-electron chi connectivity index (χ2n) is 14.4. The highest BCUT2D eigenvalue weighted by molar-refractivity contribution is 6.23. The number of nitrogens with zero attached hydrogens (tertiary/aromatic N) is 1. The average Bonchev–Trinajstić information content (AvgIpc) is 3.42. The average molecular weight is 781 g/mol. The summed E-state index contributed by atoms with van der Waals surface area (Å²) in [6.07, 6.45) is 5.83. The molecular formula is C41H52N2O13. The minimum absolute atomic E-state index is 0.0192. The van der Waals surface area contributed by atoms with E-state index >= 15 is 0 Å². The Bertz CT molecular complexity index is 1990. The predicted molar refractivity (Wildman–Crippen MR) is 208 cm³/mol. The van der Waals surface area contributed by atoms with Crippen LogP contribution in [0, 0.1) is 30.6 Å². The number of methoxy groups -OCH3 is 1. The maximum absolute atomic E-state index is 14.3. The second kappa shape index (κ2) is 17.6. The van der Waals surface area contributed by atoms with Gasteiger partial charge in [0.05, 0.1) is 53.0 Å². The van der Waals surface area contributed by atoms with Crippen molar-refractivity contribution in [3.8, 4) is 23.0 Å². The maximum Gasteiger partial charge on any atom is 0.312 e. The van der Waals surface area contributed by atoms with E-state index in [4.69, 9.17) is 23.8 Å². The zero-order chi connectivity index (χ0) is 41.8. The van der Waals surface area contributed by atoms with Crippen molar-refractivity contribution in [3.63, 3.8) is 0 Å². The van der Waals surface area contributed by atoms with Gasteiger partial charge in [0.2, 0.25) is 0 Å². The number of aliphatic hydroxyl groups is 2. The van der Waals surface area contributed by atoms with Crippen LogP contribution in [0.3, 0.4) is 0 Å². The molecule has 0 unspecified atom stereocenters. The molecular weight excluding hydrogens is 728 g/mol. The fourth-order valence-corrected chi connectivity index (χ4v) is 7.06. The third kappa shape index (κ3) is 8.39. The number of phenolic OH excluding ortho intramolecular Hbond substituents is 3. The Balaban J connectivity index is 1.97. The molecule has 3 aliphatic heterocycles. The number of nitrogens with one attached hydrogen (secondary N) is 1. The number of carbonyl (C=O) groups excluding carboxylic acids is 3. The van der Waals surface area contributed by atoms with Crippen molar-refractivity contribution in [3.05, 3.63) is 65.5 Å². The van der Waals surface area contributed by atoms with Crippen LogP contribution in [0.4, 0.5) is 5.69 Å². The monoisotopic (exact) mass is 780 g/mol. The molecule has 9 atom stereocenters. The highest BCUT2D eigenvalue weighted by Crippen LogP contribution is 2.55. The number of amides is 1. The lowest BCUT2D eigenvalue weighted by molar-refractivity contribution is -0.160. The largest absolute Gasteiger partial charge is 0.507 e. The van der Waals surface area contributed by atoms with Crippen LogP contribution in [0.2, 0.25) is 0 Å². The van der Waals surface area contributed by atoms with Crippen molar-refractivity contribution < 1.29 is 63.7 Å². The van der Waals surface area contributed by atoms with Gasteiger partial charge in [0.25, 0.3) is 11.7 Å². The summed E-state index contributed by atoms with van der Waals surface area (Å²) in [6.45, 7) is 15.9. The first kappa shape index (κ1) is 43.3. The second-order valence-corrected chi connectivity index (χ2v) is 14.4. The van der Waals surface area contributed by atoms with Crippen LogP contribution in [0.5, 0.6) is 23.0 Å². The molecule has 2 aromatic carbocycles. The van der Waals surface area contributed by atoms with Gasteiger partial charge in [0.1, 0.15) is 30.0 Å². The summed E-state index contributed by atoms with van der Waals surface area (Å²) in [5.41, 5.74) is -0.691. The minimum atomic E-state index is -2.06. The highest BCUT2D eigenvalue weighted by atomic mass is 16.7. The number of rotatable bonds is 6. The molecule has 15 nitrogen and oxygen atoms in total. The SMILES string of the molecule is C=CCO/N=C/c1c2c(O)c3c(O)c(C)c4c(c3c1O)C(=O)[C@@](C)(OC=C[C@H](OC)[C@@H](C)[C@@H](OC(C)=O)[C@H](C)[C@H](O)[C@H](C)[C@@H](O)[C@@H](C)/C=C\C=C(\C)C(=O)N2)O4. The summed E-state index contributed by atoms with van der Waals surface area (Å²) >= 11 is 0. The lowest BCUT2D eigenvalue weighted by Crippen LogP contribution is -2.46. The number of carbonyl (C=O) groups is 3. The zero-order valence-electron chi connectivity index (χ0n) is 33.0. The van der Waals surface area contributed by atoms with Crippen LogP contribution < -0.4 is 10.1 Å². The van der Waals surface area contributed by atoms with Crippen LogP contribution in [-0.4, -0.2) is 93.3 Å². The summed E-state index contributed by atoms with van der Waals surface area (Å²) in [7, 11) is 1.42. The molecule has 0 saturated heterocycles. The van der Waals surface area contributed by atoms with Crippen LogP contribution in [-0.2, 0) is 28.6 Å². The molecule has 15 heteroatoms. The van der Waals surface area contributed by atoms with Gasteiger partial charge >= 0.3 is 11.8 Å². The van der Waals surface area contributed by atoms with E-state index in [9.17, 15) is 39.9 Å². The van der Waals surface area contributed by atoms with Crippen molar-refractivity contribution in [2.45, 2.75) is 85.6 Å². The molecule has 0 saturated carbocycles. The van der Waals surface area contributed by atoms with Crippen LogP contribution >= 0.6 is 0 Å². The number of ketones is 1. The molecule has 0 radical (unpaired) electrons. The molecule has 0 fully saturated rings. The highest BCUT2D eigenvalue weighted by Gasteiger charge is 2.50. The summed E-state index contributed by atoms with van der Waals surface area (Å²) in [5, 5.41) is 63.4. The van der Waals surface area contributed by atoms with Crippen LogP contribution in [0.1, 0.15) is 70.0 Å². The molecule has 1 amide bonds. The summed E-state index contributed by atoms with van der Waals surface area (Å²) in [5.74, 6) is -8.73. The van der Waals surface area contributed by atoms with E-state index in [0.29, 0.717) is 0 Å². The lowest BCUT2D eigenvalue weighted by atomic mass is 9.78. The molecule has 5 bridgehead atoms. The Labute approximate surface area is 325 Å². The maximum atomic E-state index is 14.3. The van der Waals surface area contributed by atoms with E-state index in [-0.39, 0.29) is 51.1 Å². The van der Waals surface area contributed by atoms with Crippen LogP contribution in [0.15, 0.2) is 53.9 Å². The van der Waals surface area contributed by atoms with Crippen molar-refractivity contribution in [2.24, 2.45) is 28.8 Å². The smallest absolute Gasteiger partial charge is 0.312 e. The third-order valence-electron chi connectivity index (χ3n) is 10.5. The van der Waals surface area contributed by atoms with Gasteiger partial charge in [-0.1, -0.05) is 63.7 Å². The molecule has 3 heterocycles. The predicted octanol–water partition coefficient (Wildman–Crippen LogP) is 5.29. The van der Waals surface area contributed by atoms with Gasteiger partial charge < -0.3 is 54.6 Å². The summed E-state index contributed by atoms with van der Waals surface area (Å²) < 4.78 is 23.4. The summed E-state index contributed by atoms with van der Waals surface area (Å²) in [6, 6.07) is 0. The standard InChI is InChI=1S/C41H52N2O13/c1-11-16-54-42-18-26-31-36(49)29-28(35(26)48)30-38(24(7)34(29)47)56-41(9,39(30)50)53-17-15-27(52-10)21(4)37(55-25(8)44)23(6)33(46)22(5)32(45)19(2)13-12-14-20(3)40(51)43-31/h11-15,17-19,21-23,27,32-33,37,45-49H,1,16H2,2-10H3,(H,43,51)/b13-12-,17-15?,20-14-,42-18+/t19-,21+,22+,23+,27-,32-,33+,37+,41-/m0/s1. The number of benzene rings is 2. The lowest BCUT2D eigenvalue weighted by Gasteiger charge is -2.38. The van der Waals surface area contributed by atoms with Gasteiger partial charge in [0.15, 0.2) is 5.75 Å². The number of Topliss-reactive ketones (excluding diaryl/α,β-unsaturated/α-hetero) is 1. The Hall–Kier alpha value is -5.38. The Morgan fingerprint density at radius 1 is 1.00 bits per heavy atom. The van der Waals surface area contributed by atoms with Crippen molar-refractivity contribution in [1.29, 1.82) is 0 Å². The molecule has 0 aliphatic carbocycles. The van der Waals surface area contributed by atoms with E-state index in [1.807, 2.05) is 0 Å². The Morgan fingerprint density at radius 2 is 1.68 bits per heavy atom. The molecule has 2 aromatic rings. The van der Waals surface area contributed by atoms with E-state index in [1.54, 1.807) is 39.8 Å². The first-order chi connectivity index (χ1) is 26.3. The van der Waals surface area contributed by atoms with E-state index in [0.717, 1.165) is 6.21 Å². The van der Waals surface area contributed by atoms with Gasteiger partial charge in [-0.05, 0) is 19.9 Å². The molecule has 0 aromatic heterocycles. The van der Waals surface area contributed by atoms with Gasteiger partial charge in [-0.3, -0.25) is 14.4 Å². The van der Waals surface area contributed by atoms with Gasteiger partial charge in [0, 0.05) is 61.2 Å². The third-order valence-corrected chi connectivity index (χ3v) is 10.5. The number of oxime groups is 1. The Kier molecular flexibility index (Phi) is 13.6. The van der Waals surface area contributed by atoms with Crippen molar-refractivity contribution in [2.75, 3.05) is 19.0 Å². The van der Waals surface area contributed by atoms with E-state index < -0.39 is 88.8 Å². The Morgan fingerprint density at radius 3 is 2.30 bits per heavy atom. The zero-order valence-corrected chi connectivity index (χ0v) is 33.0. The van der Waals surface area contributed by atoms with Crippen LogP contribution in [0.25, 0.3) is 10.8 Å². The number of aliphatic hydroxyl groups excluding tert-OH is 2. The topological polar surface area (TPSA) is 223 Å². The number of aromatic hydroxyl groups is 3. The van der Waals surface area contributed by atoms with Crippen molar-refractivity contribution >= 4 is 40.3 Å². The first-order valence-electron chi connectivity index (χ1n) is 18.2. The van der Waals surface area contributed by atoms with Gasteiger partial charge in [-0.25, -0.2) is 0 Å². The first-order valence-corrected chi connectivity index (χ1v) is 18.2. The molecule has 5 rings (SSSR count). The minimum Gasteiger partial charge on any atom is -0.507 e.